The number of carbonyl (C=O) groups excluding carboxylic acids is 1. The number of Topliss-reactive ketones (excluding diaryl/α,β-unsaturated/α-hetero) is 1. The van der Waals surface area contributed by atoms with Crippen molar-refractivity contribution in [3.63, 3.8) is 0 Å². The number of ketones is 1. The predicted molar refractivity (Wildman–Crippen MR) is 50.9 cm³/mol. The van der Waals surface area contributed by atoms with Crippen molar-refractivity contribution in [2.45, 2.75) is 32.1 Å². The number of hydrogen-bond acceptors (Lipinski definition) is 1. The van der Waals surface area contributed by atoms with E-state index in [1.807, 2.05) is 6.08 Å². The zero-order chi connectivity index (χ0) is 8.81. The molecule has 0 bridgehead atoms. The van der Waals surface area contributed by atoms with Gasteiger partial charge in [-0.25, -0.2) is 0 Å². The Balaban J connectivity index is 2.51. The standard InChI is InChI=1S/C11H16O/c1-2-7-10-8-5-3-4-6-9-11(10)12/h2-4,10H,1,5-9H2. The summed E-state index contributed by atoms with van der Waals surface area (Å²) in [6.45, 7) is 3.67. The third-order valence-electron chi connectivity index (χ3n) is 2.31. The average Bonchev–Trinajstić information content (AvgIpc) is 2.05. The molecule has 0 N–H and O–H groups in total. The minimum absolute atomic E-state index is 0.243. The van der Waals surface area contributed by atoms with E-state index >= 15 is 0 Å². The lowest BCUT2D eigenvalue weighted by atomic mass is 9.90. The molecule has 0 aromatic rings. The van der Waals surface area contributed by atoms with Gasteiger partial charge in [-0.05, 0) is 25.7 Å². The van der Waals surface area contributed by atoms with Crippen molar-refractivity contribution < 1.29 is 4.79 Å². The maximum absolute atomic E-state index is 11.5. The lowest BCUT2D eigenvalue weighted by molar-refractivity contribution is -0.122. The highest BCUT2D eigenvalue weighted by Crippen LogP contribution is 2.18. The molecule has 0 amide bonds. The van der Waals surface area contributed by atoms with E-state index in [1.165, 1.54) is 0 Å². The van der Waals surface area contributed by atoms with Crippen molar-refractivity contribution in [3.05, 3.63) is 24.8 Å². The van der Waals surface area contributed by atoms with E-state index in [0.29, 0.717) is 5.78 Å². The van der Waals surface area contributed by atoms with Crippen molar-refractivity contribution in [2.75, 3.05) is 0 Å². The Kier molecular flexibility index (Phi) is 3.78. The average molecular weight is 164 g/mol. The van der Waals surface area contributed by atoms with Gasteiger partial charge in [0.05, 0.1) is 0 Å². The summed E-state index contributed by atoms with van der Waals surface area (Å²) in [5.74, 6) is 0.659. The van der Waals surface area contributed by atoms with Crippen LogP contribution in [0.2, 0.25) is 0 Å². The number of hydrogen-bond donors (Lipinski definition) is 0. The Labute approximate surface area is 74.2 Å². The van der Waals surface area contributed by atoms with Crippen LogP contribution in [-0.2, 0) is 4.79 Å². The SMILES string of the molecule is C=CCC1CCC=CCCC1=O. The van der Waals surface area contributed by atoms with E-state index in [9.17, 15) is 4.79 Å². The molecule has 0 aliphatic heterocycles. The predicted octanol–water partition coefficient (Wildman–Crippen LogP) is 2.88. The van der Waals surface area contributed by atoms with Crippen molar-refractivity contribution in [1.82, 2.24) is 0 Å². The molecular weight excluding hydrogens is 148 g/mol. The summed E-state index contributed by atoms with van der Waals surface area (Å²) in [6.07, 6.45) is 10.7. The van der Waals surface area contributed by atoms with Crippen LogP contribution < -0.4 is 0 Å². The van der Waals surface area contributed by atoms with E-state index in [2.05, 4.69) is 18.7 Å². The molecule has 1 rings (SSSR count). The second-order valence-electron chi connectivity index (χ2n) is 3.28. The maximum atomic E-state index is 11.5. The summed E-state index contributed by atoms with van der Waals surface area (Å²) in [5.41, 5.74) is 0. The zero-order valence-corrected chi connectivity index (χ0v) is 7.46. The monoisotopic (exact) mass is 164 g/mol. The van der Waals surface area contributed by atoms with Crippen LogP contribution in [0.25, 0.3) is 0 Å². The van der Waals surface area contributed by atoms with E-state index in [0.717, 1.165) is 32.1 Å². The van der Waals surface area contributed by atoms with Gasteiger partial charge in [0.2, 0.25) is 0 Å². The quantitative estimate of drug-likeness (QED) is 0.573. The molecule has 1 heteroatoms. The highest BCUT2D eigenvalue weighted by Gasteiger charge is 2.16. The van der Waals surface area contributed by atoms with E-state index in [-0.39, 0.29) is 5.92 Å². The molecule has 0 radical (unpaired) electrons. The Morgan fingerprint density at radius 1 is 1.50 bits per heavy atom. The van der Waals surface area contributed by atoms with E-state index in [4.69, 9.17) is 0 Å². The van der Waals surface area contributed by atoms with Crippen molar-refractivity contribution in [2.24, 2.45) is 5.92 Å². The minimum atomic E-state index is 0.243. The smallest absolute Gasteiger partial charge is 0.136 e. The second-order valence-corrected chi connectivity index (χ2v) is 3.28. The summed E-state index contributed by atoms with van der Waals surface area (Å²) in [5, 5.41) is 0. The Morgan fingerprint density at radius 3 is 3.00 bits per heavy atom. The van der Waals surface area contributed by atoms with Gasteiger partial charge in [-0.3, -0.25) is 4.79 Å². The van der Waals surface area contributed by atoms with Crippen LogP contribution in [0.15, 0.2) is 24.8 Å². The fraction of sp³-hybridized carbons (Fsp3) is 0.545. The molecule has 12 heavy (non-hydrogen) atoms. The second kappa shape index (κ2) is 4.91. The number of allylic oxidation sites excluding steroid dienone is 3. The molecule has 1 atom stereocenters. The van der Waals surface area contributed by atoms with Gasteiger partial charge < -0.3 is 0 Å². The van der Waals surface area contributed by atoms with E-state index in [1.54, 1.807) is 0 Å². The minimum Gasteiger partial charge on any atom is -0.299 e. The van der Waals surface area contributed by atoms with Crippen LogP contribution in [0, 0.1) is 5.92 Å². The molecule has 0 spiro atoms. The first-order valence-electron chi connectivity index (χ1n) is 4.63. The van der Waals surface area contributed by atoms with Gasteiger partial charge in [0, 0.05) is 12.3 Å². The van der Waals surface area contributed by atoms with E-state index < -0.39 is 0 Å². The van der Waals surface area contributed by atoms with Gasteiger partial charge in [0.1, 0.15) is 5.78 Å². The first-order chi connectivity index (χ1) is 5.84. The van der Waals surface area contributed by atoms with Gasteiger partial charge in [-0.2, -0.15) is 0 Å². The first-order valence-corrected chi connectivity index (χ1v) is 4.63. The van der Waals surface area contributed by atoms with Gasteiger partial charge in [0.15, 0.2) is 0 Å². The Hall–Kier alpha value is -0.850. The summed E-state index contributed by atoms with van der Waals surface area (Å²) in [7, 11) is 0. The highest BCUT2D eigenvalue weighted by atomic mass is 16.1. The normalized spacial score (nSPS) is 24.7. The third kappa shape index (κ3) is 2.65. The van der Waals surface area contributed by atoms with Crippen LogP contribution in [0.4, 0.5) is 0 Å². The van der Waals surface area contributed by atoms with Crippen molar-refractivity contribution in [1.29, 1.82) is 0 Å². The van der Waals surface area contributed by atoms with Crippen LogP contribution in [0.3, 0.4) is 0 Å². The van der Waals surface area contributed by atoms with Gasteiger partial charge in [-0.1, -0.05) is 18.2 Å². The van der Waals surface area contributed by atoms with Crippen LogP contribution >= 0.6 is 0 Å². The molecule has 0 aromatic carbocycles. The lowest BCUT2D eigenvalue weighted by Gasteiger charge is -2.13. The van der Waals surface area contributed by atoms with Crippen molar-refractivity contribution >= 4 is 5.78 Å². The van der Waals surface area contributed by atoms with Crippen LogP contribution in [0.1, 0.15) is 32.1 Å². The summed E-state index contributed by atoms with van der Waals surface area (Å²) >= 11 is 0. The topological polar surface area (TPSA) is 17.1 Å². The van der Waals surface area contributed by atoms with Gasteiger partial charge in [0.25, 0.3) is 0 Å². The zero-order valence-electron chi connectivity index (χ0n) is 7.46. The molecule has 1 aliphatic rings. The molecule has 1 nitrogen and oxygen atoms in total. The lowest BCUT2D eigenvalue weighted by Crippen LogP contribution is -2.14. The molecule has 0 heterocycles. The number of rotatable bonds is 2. The van der Waals surface area contributed by atoms with Crippen molar-refractivity contribution in [3.8, 4) is 0 Å². The molecule has 0 saturated carbocycles. The third-order valence-corrected chi connectivity index (χ3v) is 2.31. The summed E-state index contributed by atoms with van der Waals surface area (Å²) in [6, 6.07) is 0. The van der Waals surface area contributed by atoms with Gasteiger partial charge in [-0.15, -0.1) is 6.58 Å². The summed E-state index contributed by atoms with van der Waals surface area (Å²) < 4.78 is 0. The molecule has 0 aromatic heterocycles. The molecular formula is C11H16O. The Morgan fingerprint density at radius 2 is 2.25 bits per heavy atom. The largest absolute Gasteiger partial charge is 0.299 e. The Bertz CT molecular complexity index is 191. The fourth-order valence-corrected chi connectivity index (χ4v) is 1.57. The molecule has 0 fully saturated rings. The maximum Gasteiger partial charge on any atom is 0.136 e. The van der Waals surface area contributed by atoms with Crippen LogP contribution in [0.5, 0.6) is 0 Å². The fourth-order valence-electron chi connectivity index (χ4n) is 1.57. The summed E-state index contributed by atoms with van der Waals surface area (Å²) in [4.78, 5) is 11.5. The van der Waals surface area contributed by atoms with Crippen LogP contribution in [-0.4, -0.2) is 5.78 Å². The highest BCUT2D eigenvalue weighted by molar-refractivity contribution is 5.81. The molecule has 1 aliphatic carbocycles. The molecule has 66 valence electrons. The molecule has 1 unspecified atom stereocenters. The first kappa shape index (κ1) is 9.24. The van der Waals surface area contributed by atoms with Gasteiger partial charge >= 0.3 is 0 Å². The molecule has 0 saturated heterocycles. The number of carbonyl (C=O) groups is 1.